The molecule has 1 aromatic carbocycles. The Morgan fingerprint density at radius 3 is 2.45 bits per heavy atom. The molecule has 0 aliphatic carbocycles. The van der Waals surface area contributed by atoms with E-state index in [1.807, 2.05) is 30.3 Å². The lowest BCUT2D eigenvalue weighted by molar-refractivity contribution is 0.251. The van der Waals surface area contributed by atoms with Crippen LogP contribution in [0.15, 0.2) is 30.3 Å². The van der Waals surface area contributed by atoms with Crippen LogP contribution in [0.1, 0.15) is 5.56 Å². The van der Waals surface area contributed by atoms with Crippen LogP contribution in [0.2, 0.25) is 0 Å². The van der Waals surface area contributed by atoms with Gasteiger partial charge in [-0.3, -0.25) is 0 Å². The molecule has 0 bridgehead atoms. The second kappa shape index (κ2) is 4.14. The van der Waals surface area contributed by atoms with Crippen molar-refractivity contribution in [1.82, 2.24) is 0 Å². The molecule has 0 saturated heterocycles. The SMILES string of the molecule is [CH2]C(CO)Cc1ccccc1. The van der Waals surface area contributed by atoms with E-state index in [2.05, 4.69) is 6.92 Å². The number of aliphatic hydroxyl groups is 1. The zero-order valence-corrected chi connectivity index (χ0v) is 6.53. The van der Waals surface area contributed by atoms with E-state index in [0.717, 1.165) is 6.42 Å². The summed E-state index contributed by atoms with van der Waals surface area (Å²) in [6.45, 7) is 3.96. The standard InChI is InChI=1S/C10H13O/c1-9(8-11)7-10-5-3-2-4-6-10/h2-6,9,11H,1,7-8H2. The number of rotatable bonds is 3. The van der Waals surface area contributed by atoms with E-state index >= 15 is 0 Å². The second-order valence-corrected chi connectivity index (χ2v) is 2.74. The normalized spacial score (nSPS) is 12.9. The maximum absolute atomic E-state index is 8.73. The lowest BCUT2D eigenvalue weighted by Gasteiger charge is -2.06. The van der Waals surface area contributed by atoms with Crippen molar-refractivity contribution in [3.05, 3.63) is 42.8 Å². The van der Waals surface area contributed by atoms with Gasteiger partial charge in [0.15, 0.2) is 0 Å². The van der Waals surface area contributed by atoms with Gasteiger partial charge in [0, 0.05) is 6.61 Å². The number of hydrogen-bond acceptors (Lipinski definition) is 1. The molecule has 1 heteroatoms. The molecule has 0 aromatic heterocycles. The van der Waals surface area contributed by atoms with E-state index in [-0.39, 0.29) is 12.5 Å². The third kappa shape index (κ3) is 2.72. The molecule has 11 heavy (non-hydrogen) atoms. The van der Waals surface area contributed by atoms with Gasteiger partial charge in [0.2, 0.25) is 0 Å². The molecule has 1 unspecified atom stereocenters. The Morgan fingerprint density at radius 2 is 1.91 bits per heavy atom. The van der Waals surface area contributed by atoms with Gasteiger partial charge in [-0.1, -0.05) is 30.3 Å². The summed E-state index contributed by atoms with van der Waals surface area (Å²) in [4.78, 5) is 0. The molecule has 1 atom stereocenters. The van der Waals surface area contributed by atoms with Crippen LogP contribution in [-0.2, 0) is 6.42 Å². The Morgan fingerprint density at radius 1 is 1.27 bits per heavy atom. The maximum atomic E-state index is 8.73. The molecule has 0 fully saturated rings. The highest BCUT2D eigenvalue weighted by atomic mass is 16.3. The topological polar surface area (TPSA) is 20.2 Å². The van der Waals surface area contributed by atoms with Gasteiger partial charge in [-0.2, -0.15) is 0 Å². The first kappa shape index (κ1) is 8.28. The molecule has 0 heterocycles. The van der Waals surface area contributed by atoms with Crippen molar-refractivity contribution in [2.45, 2.75) is 6.42 Å². The molecule has 0 spiro atoms. The molecule has 1 rings (SSSR count). The first-order valence-electron chi connectivity index (χ1n) is 3.81. The molecule has 0 aliphatic rings. The minimum atomic E-state index is 0.123. The summed E-state index contributed by atoms with van der Waals surface area (Å²) in [6, 6.07) is 10.1. The van der Waals surface area contributed by atoms with Crippen molar-refractivity contribution in [2.24, 2.45) is 5.92 Å². The molecular formula is C10H13O. The average molecular weight is 149 g/mol. The average Bonchev–Trinajstić information content (AvgIpc) is 2.06. The van der Waals surface area contributed by atoms with E-state index in [1.165, 1.54) is 5.56 Å². The van der Waals surface area contributed by atoms with E-state index in [1.54, 1.807) is 0 Å². The Bertz CT molecular complexity index is 193. The van der Waals surface area contributed by atoms with Crippen LogP contribution in [0.3, 0.4) is 0 Å². The highest BCUT2D eigenvalue weighted by Crippen LogP contribution is 2.06. The van der Waals surface area contributed by atoms with Crippen molar-refractivity contribution < 1.29 is 5.11 Å². The van der Waals surface area contributed by atoms with Crippen LogP contribution in [0.5, 0.6) is 0 Å². The smallest absolute Gasteiger partial charge is 0.0462 e. The zero-order chi connectivity index (χ0) is 8.10. The van der Waals surface area contributed by atoms with Crippen molar-refractivity contribution in [3.63, 3.8) is 0 Å². The minimum absolute atomic E-state index is 0.123. The van der Waals surface area contributed by atoms with E-state index in [9.17, 15) is 0 Å². The van der Waals surface area contributed by atoms with Gasteiger partial charge in [0.25, 0.3) is 0 Å². The summed E-state index contributed by atoms with van der Waals surface area (Å²) in [7, 11) is 0. The summed E-state index contributed by atoms with van der Waals surface area (Å²) in [6.07, 6.45) is 0.858. The zero-order valence-electron chi connectivity index (χ0n) is 6.53. The predicted molar refractivity (Wildman–Crippen MR) is 46.1 cm³/mol. The third-order valence-corrected chi connectivity index (χ3v) is 1.63. The highest BCUT2D eigenvalue weighted by Gasteiger charge is 1.99. The van der Waals surface area contributed by atoms with Gasteiger partial charge < -0.3 is 5.11 Å². The monoisotopic (exact) mass is 149 g/mol. The Hall–Kier alpha value is -0.820. The lowest BCUT2D eigenvalue weighted by Crippen LogP contribution is -2.04. The lowest BCUT2D eigenvalue weighted by atomic mass is 10.0. The molecule has 0 amide bonds. The van der Waals surface area contributed by atoms with Gasteiger partial charge in [0.1, 0.15) is 0 Å². The Kier molecular flexibility index (Phi) is 3.12. The predicted octanol–water partition coefficient (Wildman–Crippen LogP) is 1.67. The molecule has 1 radical (unpaired) electrons. The van der Waals surface area contributed by atoms with Crippen LogP contribution in [0.4, 0.5) is 0 Å². The highest BCUT2D eigenvalue weighted by molar-refractivity contribution is 5.15. The van der Waals surface area contributed by atoms with Crippen LogP contribution in [-0.4, -0.2) is 11.7 Å². The van der Waals surface area contributed by atoms with E-state index in [4.69, 9.17) is 5.11 Å². The van der Waals surface area contributed by atoms with Gasteiger partial charge in [-0.05, 0) is 24.8 Å². The summed E-state index contributed by atoms with van der Waals surface area (Å²) in [5.74, 6) is 0.123. The number of hydrogen-bond donors (Lipinski definition) is 1. The minimum Gasteiger partial charge on any atom is -0.396 e. The van der Waals surface area contributed by atoms with Gasteiger partial charge in [-0.25, -0.2) is 0 Å². The first-order chi connectivity index (χ1) is 5.33. The van der Waals surface area contributed by atoms with Gasteiger partial charge in [-0.15, -0.1) is 0 Å². The van der Waals surface area contributed by atoms with Crippen LogP contribution in [0.25, 0.3) is 0 Å². The third-order valence-electron chi connectivity index (χ3n) is 1.63. The summed E-state index contributed by atoms with van der Waals surface area (Å²) in [5.41, 5.74) is 1.24. The fourth-order valence-corrected chi connectivity index (χ4v) is 1.01. The quantitative estimate of drug-likeness (QED) is 0.693. The molecule has 59 valence electrons. The van der Waals surface area contributed by atoms with Crippen molar-refractivity contribution >= 4 is 0 Å². The largest absolute Gasteiger partial charge is 0.396 e. The molecule has 1 N–H and O–H groups in total. The van der Waals surface area contributed by atoms with Gasteiger partial charge in [0.05, 0.1) is 0 Å². The fourth-order valence-electron chi connectivity index (χ4n) is 1.01. The Labute approximate surface area is 67.7 Å². The first-order valence-corrected chi connectivity index (χ1v) is 3.81. The maximum Gasteiger partial charge on any atom is 0.0462 e. The second-order valence-electron chi connectivity index (χ2n) is 2.74. The molecule has 0 aliphatic heterocycles. The van der Waals surface area contributed by atoms with Crippen molar-refractivity contribution in [3.8, 4) is 0 Å². The van der Waals surface area contributed by atoms with Crippen molar-refractivity contribution in [2.75, 3.05) is 6.61 Å². The fraction of sp³-hybridized carbons (Fsp3) is 0.300. The molecule has 0 saturated carbocycles. The number of benzene rings is 1. The van der Waals surface area contributed by atoms with Crippen LogP contribution >= 0.6 is 0 Å². The molecule has 1 aromatic rings. The summed E-state index contributed by atoms with van der Waals surface area (Å²) in [5, 5.41) is 8.73. The van der Waals surface area contributed by atoms with Gasteiger partial charge >= 0.3 is 0 Å². The Balaban J connectivity index is 2.51. The van der Waals surface area contributed by atoms with Crippen molar-refractivity contribution in [1.29, 1.82) is 0 Å². The van der Waals surface area contributed by atoms with E-state index in [0.29, 0.717) is 0 Å². The number of aliphatic hydroxyl groups excluding tert-OH is 1. The van der Waals surface area contributed by atoms with Crippen LogP contribution in [0, 0.1) is 12.8 Å². The molecule has 1 nitrogen and oxygen atoms in total. The van der Waals surface area contributed by atoms with Crippen LogP contribution < -0.4 is 0 Å². The molecular weight excluding hydrogens is 136 g/mol. The summed E-state index contributed by atoms with van der Waals surface area (Å²) >= 11 is 0. The summed E-state index contributed by atoms with van der Waals surface area (Å²) < 4.78 is 0. The van der Waals surface area contributed by atoms with E-state index < -0.39 is 0 Å².